The summed E-state index contributed by atoms with van der Waals surface area (Å²) in [4.78, 5) is 12.5. The second-order valence-corrected chi connectivity index (χ2v) is 4.83. The minimum Gasteiger partial charge on any atom is -0.496 e. The highest BCUT2D eigenvalue weighted by Crippen LogP contribution is 2.27. The largest absolute Gasteiger partial charge is 0.496 e. The average Bonchev–Trinajstić information content (AvgIpc) is 2.37. The SMILES string of the molecule is COc1cccc(F)c1C(=O)/C1=C/CCCCCC1. The number of rotatable bonds is 3. The van der Waals surface area contributed by atoms with E-state index < -0.39 is 5.82 Å². The highest BCUT2D eigenvalue weighted by atomic mass is 19.1. The van der Waals surface area contributed by atoms with Crippen LogP contribution >= 0.6 is 0 Å². The molecule has 0 atom stereocenters. The lowest BCUT2D eigenvalue weighted by atomic mass is 9.93. The summed E-state index contributed by atoms with van der Waals surface area (Å²) < 4.78 is 19.0. The lowest BCUT2D eigenvalue weighted by molar-refractivity contribution is 0.102. The Morgan fingerprint density at radius 1 is 1.21 bits per heavy atom. The van der Waals surface area contributed by atoms with E-state index in [-0.39, 0.29) is 11.3 Å². The van der Waals surface area contributed by atoms with Crippen molar-refractivity contribution in [1.82, 2.24) is 0 Å². The Labute approximate surface area is 113 Å². The minimum atomic E-state index is -0.507. The molecule has 1 aliphatic rings. The summed E-state index contributed by atoms with van der Waals surface area (Å²) in [6.07, 6.45) is 8.04. The summed E-state index contributed by atoms with van der Waals surface area (Å²) in [6.45, 7) is 0. The normalized spacial score (nSPS) is 18.9. The van der Waals surface area contributed by atoms with Gasteiger partial charge in [0, 0.05) is 0 Å². The van der Waals surface area contributed by atoms with Crippen LogP contribution in [-0.4, -0.2) is 12.9 Å². The molecule has 1 aromatic carbocycles. The van der Waals surface area contributed by atoms with E-state index in [0.29, 0.717) is 5.75 Å². The third-order valence-corrected chi connectivity index (χ3v) is 3.50. The minimum absolute atomic E-state index is 0.0665. The Hall–Kier alpha value is -1.64. The van der Waals surface area contributed by atoms with E-state index in [9.17, 15) is 9.18 Å². The summed E-state index contributed by atoms with van der Waals surface area (Å²) in [5.74, 6) is -0.419. The molecule has 0 N–H and O–H groups in total. The van der Waals surface area contributed by atoms with Gasteiger partial charge in [-0.3, -0.25) is 4.79 Å². The number of allylic oxidation sites excluding steroid dienone is 2. The van der Waals surface area contributed by atoms with Crippen molar-refractivity contribution in [2.24, 2.45) is 0 Å². The van der Waals surface area contributed by atoms with Gasteiger partial charge in [-0.15, -0.1) is 0 Å². The highest BCUT2D eigenvalue weighted by molar-refractivity contribution is 6.10. The molecule has 2 nitrogen and oxygen atoms in total. The van der Waals surface area contributed by atoms with E-state index in [1.807, 2.05) is 6.08 Å². The van der Waals surface area contributed by atoms with Crippen LogP contribution in [0.2, 0.25) is 0 Å². The summed E-state index contributed by atoms with van der Waals surface area (Å²) in [6, 6.07) is 4.48. The smallest absolute Gasteiger partial charge is 0.195 e. The molecule has 0 saturated heterocycles. The van der Waals surface area contributed by atoms with E-state index in [0.717, 1.165) is 37.7 Å². The molecule has 0 spiro atoms. The first-order chi connectivity index (χ1) is 9.24. The van der Waals surface area contributed by atoms with Gasteiger partial charge in [0.05, 0.1) is 12.7 Å². The molecule has 0 saturated carbocycles. The number of methoxy groups -OCH3 is 1. The molecule has 19 heavy (non-hydrogen) atoms. The monoisotopic (exact) mass is 262 g/mol. The van der Waals surface area contributed by atoms with E-state index in [1.165, 1.54) is 19.6 Å². The van der Waals surface area contributed by atoms with Crippen LogP contribution in [-0.2, 0) is 0 Å². The maximum absolute atomic E-state index is 13.9. The van der Waals surface area contributed by atoms with Gasteiger partial charge in [-0.25, -0.2) is 4.39 Å². The van der Waals surface area contributed by atoms with Crippen molar-refractivity contribution in [3.8, 4) is 5.75 Å². The predicted octanol–water partition coefficient (Wildman–Crippen LogP) is 4.30. The van der Waals surface area contributed by atoms with Crippen LogP contribution in [0.3, 0.4) is 0 Å². The van der Waals surface area contributed by atoms with Crippen molar-refractivity contribution in [3.05, 3.63) is 41.2 Å². The van der Waals surface area contributed by atoms with Crippen LogP contribution in [0.4, 0.5) is 4.39 Å². The van der Waals surface area contributed by atoms with E-state index in [2.05, 4.69) is 0 Å². The number of ketones is 1. The van der Waals surface area contributed by atoms with Crippen molar-refractivity contribution in [2.75, 3.05) is 7.11 Å². The average molecular weight is 262 g/mol. The van der Waals surface area contributed by atoms with Crippen molar-refractivity contribution < 1.29 is 13.9 Å². The molecule has 0 aromatic heterocycles. The fourth-order valence-electron chi connectivity index (χ4n) is 2.45. The second-order valence-electron chi connectivity index (χ2n) is 4.83. The zero-order chi connectivity index (χ0) is 13.7. The third-order valence-electron chi connectivity index (χ3n) is 3.50. The summed E-state index contributed by atoms with van der Waals surface area (Å²) in [5, 5.41) is 0. The molecule has 0 aliphatic heterocycles. The fourth-order valence-corrected chi connectivity index (χ4v) is 2.45. The number of carbonyl (C=O) groups is 1. The number of carbonyl (C=O) groups excluding carboxylic acids is 1. The molecule has 0 unspecified atom stereocenters. The standard InChI is InChI=1S/C16H19FO2/c1-19-14-11-7-10-13(17)15(14)16(18)12-8-5-3-2-4-6-9-12/h7-8,10-11H,2-6,9H2,1H3/b12-8+. The molecule has 102 valence electrons. The molecule has 0 heterocycles. The van der Waals surface area contributed by atoms with Crippen molar-refractivity contribution in [3.63, 3.8) is 0 Å². The van der Waals surface area contributed by atoms with E-state index in [1.54, 1.807) is 12.1 Å². The third kappa shape index (κ3) is 3.22. The first kappa shape index (κ1) is 13.8. The van der Waals surface area contributed by atoms with Crippen LogP contribution in [0.25, 0.3) is 0 Å². The van der Waals surface area contributed by atoms with E-state index >= 15 is 0 Å². The van der Waals surface area contributed by atoms with Gasteiger partial charge in [-0.1, -0.05) is 25.0 Å². The first-order valence-electron chi connectivity index (χ1n) is 6.80. The Kier molecular flexibility index (Phi) is 4.72. The highest BCUT2D eigenvalue weighted by Gasteiger charge is 2.21. The molecular weight excluding hydrogens is 243 g/mol. The lowest BCUT2D eigenvalue weighted by Gasteiger charge is -2.13. The second kappa shape index (κ2) is 6.50. The Morgan fingerprint density at radius 3 is 2.79 bits per heavy atom. The maximum atomic E-state index is 13.9. The molecule has 1 aliphatic carbocycles. The van der Waals surface area contributed by atoms with Gasteiger partial charge in [0.1, 0.15) is 11.6 Å². The maximum Gasteiger partial charge on any atom is 0.195 e. The number of ether oxygens (including phenoxy) is 1. The van der Waals surface area contributed by atoms with Crippen LogP contribution in [0, 0.1) is 5.82 Å². The van der Waals surface area contributed by atoms with E-state index in [4.69, 9.17) is 4.74 Å². The van der Waals surface area contributed by atoms with Gasteiger partial charge in [-0.05, 0) is 43.4 Å². The predicted molar refractivity (Wildman–Crippen MR) is 73.1 cm³/mol. The zero-order valence-corrected chi connectivity index (χ0v) is 11.2. The molecule has 1 aromatic rings. The molecule has 0 radical (unpaired) electrons. The fraction of sp³-hybridized carbons (Fsp3) is 0.438. The molecule has 0 amide bonds. The van der Waals surface area contributed by atoms with Gasteiger partial charge in [0.2, 0.25) is 0 Å². The molecule has 0 bridgehead atoms. The first-order valence-corrected chi connectivity index (χ1v) is 6.80. The Bertz CT molecular complexity index is 492. The summed E-state index contributed by atoms with van der Waals surface area (Å²) >= 11 is 0. The van der Waals surface area contributed by atoms with Crippen LogP contribution in [0.5, 0.6) is 5.75 Å². The van der Waals surface area contributed by atoms with Crippen molar-refractivity contribution in [1.29, 1.82) is 0 Å². The number of hydrogen-bond acceptors (Lipinski definition) is 2. The number of Topliss-reactive ketones (excluding diaryl/α,β-unsaturated/α-hetero) is 1. The molecule has 3 heteroatoms. The summed E-state index contributed by atoms with van der Waals surface area (Å²) in [5.41, 5.74) is 0.792. The Morgan fingerprint density at radius 2 is 2.00 bits per heavy atom. The van der Waals surface area contributed by atoms with Gasteiger partial charge >= 0.3 is 0 Å². The van der Waals surface area contributed by atoms with Crippen LogP contribution in [0.15, 0.2) is 29.8 Å². The zero-order valence-electron chi connectivity index (χ0n) is 11.2. The quantitative estimate of drug-likeness (QED) is 0.759. The molecular formula is C16H19FO2. The van der Waals surface area contributed by atoms with Crippen molar-refractivity contribution in [2.45, 2.75) is 38.5 Å². The van der Waals surface area contributed by atoms with Gasteiger partial charge in [0.25, 0.3) is 0 Å². The van der Waals surface area contributed by atoms with Crippen LogP contribution in [0.1, 0.15) is 48.9 Å². The van der Waals surface area contributed by atoms with Gasteiger partial charge in [0.15, 0.2) is 5.78 Å². The Balaban J connectivity index is 2.32. The summed E-state index contributed by atoms with van der Waals surface area (Å²) in [7, 11) is 1.46. The van der Waals surface area contributed by atoms with Gasteiger partial charge in [-0.2, -0.15) is 0 Å². The number of benzene rings is 1. The number of hydrogen-bond donors (Lipinski definition) is 0. The topological polar surface area (TPSA) is 26.3 Å². The van der Waals surface area contributed by atoms with Gasteiger partial charge < -0.3 is 4.74 Å². The molecule has 0 fully saturated rings. The molecule has 2 rings (SSSR count). The van der Waals surface area contributed by atoms with Crippen LogP contribution < -0.4 is 4.74 Å². The van der Waals surface area contributed by atoms with Crippen molar-refractivity contribution >= 4 is 5.78 Å². The lowest BCUT2D eigenvalue weighted by Crippen LogP contribution is -2.09. The number of halogens is 1.